The summed E-state index contributed by atoms with van der Waals surface area (Å²) in [6, 6.07) is 9.56. The van der Waals surface area contributed by atoms with Gasteiger partial charge >= 0.3 is 0 Å². The number of nitrogens with one attached hydrogen (secondary N) is 1. The third-order valence-corrected chi connectivity index (χ3v) is 3.64. The molecule has 0 aliphatic carbocycles. The number of hydrogen-bond donors (Lipinski definition) is 2. The average Bonchev–Trinajstić information content (AvgIpc) is 2.44. The summed E-state index contributed by atoms with van der Waals surface area (Å²) in [5, 5.41) is 3.91. The first-order chi connectivity index (χ1) is 9.93. The Bertz CT molecular complexity index is 650. The molecule has 0 saturated carbocycles. The molecule has 0 unspecified atom stereocenters. The summed E-state index contributed by atoms with van der Waals surface area (Å²) in [7, 11) is 0. The molecule has 0 atom stereocenters. The minimum absolute atomic E-state index is 0.00227. The van der Waals surface area contributed by atoms with Crippen molar-refractivity contribution in [1.82, 2.24) is 10.3 Å². The number of para-hydroxylation sites is 1. The lowest BCUT2D eigenvalue weighted by Gasteiger charge is -2.24. The fourth-order valence-electron chi connectivity index (χ4n) is 2.39. The molecule has 112 valence electrons. The van der Waals surface area contributed by atoms with Gasteiger partial charge in [-0.1, -0.05) is 32.0 Å². The van der Waals surface area contributed by atoms with Gasteiger partial charge in [0.1, 0.15) is 0 Å². The van der Waals surface area contributed by atoms with Crippen LogP contribution in [0, 0.1) is 12.3 Å². The number of aromatic nitrogens is 1. The molecule has 1 amide bonds. The van der Waals surface area contributed by atoms with Crippen LogP contribution >= 0.6 is 0 Å². The Labute approximate surface area is 125 Å². The van der Waals surface area contributed by atoms with Gasteiger partial charge in [0.2, 0.25) is 0 Å². The van der Waals surface area contributed by atoms with Gasteiger partial charge < -0.3 is 11.1 Å². The van der Waals surface area contributed by atoms with E-state index >= 15 is 0 Å². The molecular formula is C17H23N3O. The van der Waals surface area contributed by atoms with E-state index < -0.39 is 0 Å². The van der Waals surface area contributed by atoms with Crippen LogP contribution in [0.1, 0.15) is 36.3 Å². The fraction of sp³-hybridized carbons (Fsp3) is 0.412. The number of rotatable bonds is 5. The lowest BCUT2D eigenvalue weighted by molar-refractivity contribution is 0.0936. The molecule has 0 saturated heterocycles. The molecule has 0 radical (unpaired) electrons. The predicted octanol–water partition coefficient (Wildman–Crippen LogP) is 2.65. The third-order valence-electron chi connectivity index (χ3n) is 3.64. The quantitative estimate of drug-likeness (QED) is 0.887. The number of carbonyl (C=O) groups is 1. The standard InChI is InChI=1S/C17H23N3O/c1-12-10-14(13-6-4-5-7-15(13)20-12)16(21)19-11-17(2,3)8-9-18/h4-7,10H,8-9,11,18H2,1-3H3,(H,19,21). The van der Waals surface area contributed by atoms with Gasteiger partial charge in [-0.2, -0.15) is 0 Å². The van der Waals surface area contributed by atoms with Crippen molar-refractivity contribution in [2.45, 2.75) is 27.2 Å². The molecule has 0 bridgehead atoms. The van der Waals surface area contributed by atoms with Gasteiger partial charge in [0, 0.05) is 17.6 Å². The summed E-state index contributed by atoms with van der Waals surface area (Å²) in [5.41, 5.74) is 7.99. The highest BCUT2D eigenvalue weighted by molar-refractivity contribution is 6.06. The molecule has 1 heterocycles. The average molecular weight is 285 g/mol. The number of aryl methyl sites for hydroxylation is 1. The summed E-state index contributed by atoms with van der Waals surface area (Å²) < 4.78 is 0. The zero-order chi connectivity index (χ0) is 15.5. The van der Waals surface area contributed by atoms with Crippen LogP contribution in [-0.4, -0.2) is 24.0 Å². The van der Waals surface area contributed by atoms with Crippen LogP contribution in [0.4, 0.5) is 0 Å². The summed E-state index contributed by atoms with van der Waals surface area (Å²) >= 11 is 0. The van der Waals surface area contributed by atoms with Gasteiger partial charge in [0.15, 0.2) is 0 Å². The first-order valence-electron chi connectivity index (χ1n) is 7.27. The maximum Gasteiger partial charge on any atom is 0.252 e. The number of pyridine rings is 1. The van der Waals surface area contributed by atoms with E-state index in [9.17, 15) is 4.79 Å². The molecule has 4 heteroatoms. The van der Waals surface area contributed by atoms with E-state index in [1.165, 1.54) is 0 Å². The van der Waals surface area contributed by atoms with Crippen LogP contribution < -0.4 is 11.1 Å². The molecule has 0 aliphatic rings. The number of fused-ring (bicyclic) bond motifs is 1. The van der Waals surface area contributed by atoms with Crippen LogP contribution in [0.5, 0.6) is 0 Å². The highest BCUT2D eigenvalue weighted by Gasteiger charge is 2.19. The third kappa shape index (κ3) is 3.79. The smallest absolute Gasteiger partial charge is 0.252 e. The molecule has 0 fully saturated rings. The van der Waals surface area contributed by atoms with Crippen molar-refractivity contribution in [2.24, 2.45) is 11.1 Å². The summed E-state index contributed by atoms with van der Waals surface area (Å²) in [4.78, 5) is 17.0. The maximum absolute atomic E-state index is 12.5. The van der Waals surface area contributed by atoms with Gasteiger partial charge in [-0.15, -0.1) is 0 Å². The fourth-order valence-corrected chi connectivity index (χ4v) is 2.39. The van der Waals surface area contributed by atoms with Gasteiger partial charge in [-0.3, -0.25) is 9.78 Å². The van der Waals surface area contributed by atoms with Crippen molar-refractivity contribution in [3.05, 3.63) is 41.6 Å². The maximum atomic E-state index is 12.5. The Kier molecular flexibility index (Phi) is 4.58. The van der Waals surface area contributed by atoms with Crippen LogP contribution in [0.3, 0.4) is 0 Å². The van der Waals surface area contributed by atoms with Crippen molar-refractivity contribution in [3.63, 3.8) is 0 Å². The molecule has 4 nitrogen and oxygen atoms in total. The SMILES string of the molecule is Cc1cc(C(=O)NCC(C)(C)CCN)c2ccccc2n1. The minimum atomic E-state index is -0.0539. The Morgan fingerprint density at radius 3 is 2.76 bits per heavy atom. The van der Waals surface area contributed by atoms with Crippen LogP contribution in [0.15, 0.2) is 30.3 Å². The van der Waals surface area contributed by atoms with Gasteiger partial charge in [0.25, 0.3) is 5.91 Å². The summed E-state index contributed by atoms with van der Waals surface area (Å²) in [5.74, 6) is -0.0539. The first-order valence-corrected chi connectivity index (χ1v) is 7.27. The van der Waals surface area contributed by atoms with Crippen molar-refractivity contribution in [3.8, 4) is 0 Å². The Morgan fingerprint density at radius 1 is 1.33 bits per heavy atom. The molecule has 21 heavy (non-hydrogen) atoms. The molecule has 1 aromatic carbocycles. The normalized spacial score (nSPS) is 11.6. The number of carbonyl (C=O) groups excluding carboxylic acids is 1. The summed E-state index contributed by atoms with van der Waals surface area (Å²) in [6.07, 6.45) is 0.878. The van der Waals surface area contributed by atoms with E-state index in [-0.39, 0.29) is 11.3 Å². The van der Waals surface area contributed by atoms with Crippen molar-refractivity contribution < 1.29 is 4.79 Å². The monoisotopic (exact) mass is 285 g/mol. The second-order valence-corrected chi connectivity index (χ2v) is 6.21. The molecule has 0 aliphatic heterocycles. The molecular weight excluding hydrogens is 262 g/mol. The van der Waals surface area contributed by atoms with E-state index in [1.807, 2.05) is 37.3 Å². The van der Waals surface area contributed by atoms with Crippen LogP contribution in [0.25, 0.3) is 10.9 Å². The molecule has 2 rings (SSSR count). The van der Waals surface area contributed by atoms with Crippen LogP contribution in [-0.2, 0) is 0 Å². The number of benzene rings is 1. The van der Waals surface area contributed by atoms with Gasteiger partial charge in [-0.05, 0) is 37.4 Å². The Morgan fingerprint density at radius 2 is 2.05 bits per heavy atom. The molecule has 3 N–H and O–H groups in total. The van der Waals surface area contributed by atoms with Crippen molar-refractivity contribution in [2.75, 3.05) is 13.1 Å². The molecule has 0 spiro atoms. The van der Waals surface area contributed by atoms with Gasteiger partial charge in [-0.25, -0.2) is 0 Å². The number of nitrogens with two attached hydrogens (primary N) is 1. The summed E-state index contributed by atoms with van der Waals surface area (Å²) in [6.45, 7) is 7.35. The number of hydrogen-bond acceptors (Lipinski definition) is 3. The lowest BCUT2D eigenvalue weighted by atomic mass is 9.89. The van der Waals surface area contributed by atoms with E-state index in [2.05, 4.69) is 24.1 Å². The van der Waals surface area contributed by atoms with Gasteiger partial charge in [0.05, 0.1) is 11.1 Å². The second-order valence-electron chi connectivity index (χ2n) is 6.21. The van der Waals surface area contributed by atoms with E-state index in [0.717, 1.165) is 23.0 Å². The number of nitrogens with zero attached hydrogens (tertiary/aromatic N) is 1. The molecule has 1 aromatic heterocycles. The van der Waals surface area contributed by atoms with E-state index in [0.29, 0.717) is 18.7 Å². The largest absolute Gasteiger partial charge is 0.351 e. The minimum Gasteiger partial charge on any atom is -0.351 e. The zero-order valence-electron chi connectivity index (χ0n) is 12.9. The first kappa shape index (κ1) is 15.4. The second kappa shape index (κ2) is 6.22. The van der Waals surface area contributed by atoms with Crippen LogP contribution in [0.2, 0.25) is 0 Å². The highest BCUT2D eigenvalue weighted by Crippen LogP contribution is 2.20. The highest BCUT2D eigenvalue weighted by atomic mass is 16.1. The lowest BCUT2D eigenvalue weighted by Crippen LogP contribution is -2.35. The van der Waals surface area contributed by atoms with Crippen molar-refractivity contribution in [1.29, 1.82) is 0 Å². The Hall–Kier alpha value is -1.94. The zero-order valence-corrected chi connectivity index (χ0v) is 12.9. The number of amides is 1. The predicted molar refractivity (Wildman–Crippen MR) is 86.3 cm³/mol. The van der Waals surface area contributed by atoms with E-state index in [1.54, 1.807) is 0 Å². The Balaban J connectivity index is 2.24. The van der Waals surface area contributed by atoms with E-state index in [4.69, 9.17) is 5.73 Å². The molecule has 2 aromatic rings. The topological polar surface area (TPSA) is 68.0 Å². The van der Waals surface area contributed by atoms with Crippen molar-refractivity contribution >= 4 is 16.8 Å².